The van der Waals surface area contributed by atoms with Crippen molar-refractivity contribution >= 4 is 6.29 Å². The van der Waals surface area contributed by atoms with Crippen LogP contribution < -0.4 is 0 Å². The van der Waals surface area contributed by atoms with Gasteiger partial charge in [-0.25, -0.2) is 0 Å². The summed E-state index contributed by atoms with van der Waals surface area (Å²) in [4.78, 5) is 10.4. The SMILES string of the molecule is O=CC1CCCOCCC1. The molecule has 1 rings (SSSR count). The molecule has 0 aromatic heterocycles. The number of carbonyl (C=O) groups is 1. The molecule has 1 saturated heterocycles. The van der Waals surface area contributed by atoms with Gasteiger partial charge in [0, 0.05) is 19.1 Å². The van der Waals surface area contributed by atoms with Gasteiger partial charge in [0.15, 0.2) is 0 Å². The van der Waals surface area contributed by atoms with Gasteiger partial charge in [-0.3, -0.25) is 0 Å². The summed E-state index contributed by atoms with van der Waals surface area (Å²) in [7, 11) is 0. The van der Waals surface area contributed by atoms with E-state index in [1.807, 2.05) is 0 Å². The number of aldehydes is 1. The molecule has 0 aromatic rings. The largest absolute Gasteiger partial charge is 0.381 e. The molecule has 1 heterocycles. The molecule has 1 aliphatic rings. The van der Waals surface area contributed by atoms with Crippen LogP contribution in [0.4, 0.5) is 0 Å². The third kappa shape index (κ3) is 2.48. The molecule has 1 fully saturated rings. The molecule has 2 nitrogen and oxygen atoms in total. The van der Waals surface area contributed by atoms with Crippen LogP contribution in [0.5, 0.6) is 0 Å². The summed E-state index contributed by atoms with van der Waals surface area (Å²) < 4.78 is 5.25. The Kier molecular flexibility index (Phi) is 3.44. The maximum atomic E-state index is 10.4. The van der Waals surface area contributed by atoms with Crippen molar-refractivity contribution in [1.29, 1.82) is 0 Å². The minimum absolute atomic E-state index is 0.309. The molecule has 0 saturated carbocycles. The first-order valence-corrected chi connectivity index (χ1v) is 3.96. The third-order valence-electron chi connectivity index (χ3n) is 1.92. The highest BCUT2D eigenvalue weighted by Crippen LogP contribution is 2.13. The Hall–Kier alpha value is -0.370. The van der Waals surface area contributed by atoms with Crippen LogP contribution in [0.25, 0.3) is 0 Å². The molecule has 0 spiro atoms. The molecule has 0 unspecified atom stereocenters. The second-order valence-electron chi connectivity index (χ2n) is 2.79. The fourth-order valence-corrected chi connectivity index (χ4v) is 1.28. The predicted molar refractivity (Wildman–Crippen MR) is 38.8 cm³/mol. The lowest BCUT2D eigenvalue weighted by atomic mass is 9.99. The van der Waals surface area contributed by atoms with Gasteiger partial charge >= 0.3 is 0 Å². The Labute approximate surface area is 61.6 Å². The molecular formula is C8H14O2. The van der Waals surface area contributed by atoms with Crippen LogP contribution in [0.1, 0.15) is 25.7 Å². The summed E-state index contributed by atoms with van der Waals surface area (Å²) in [5.74, 6) is 0.309. The van der Waals surface area contributed by atoms with Gasteiger partial charge < -0.3 is 9.53 Å². The molecule has 10 heavy (non-hydrogen) atoms. The average molecular weight is 142 g/mol. The van der Waals surface area contributed by atoms with Crippen molar-refractivity contribution in [2.75, 3.05) is 13.2 Å². The van der Waals surface area contributed by atoms with Gasteiger partial charge in [0.2, 0.25) is 0 Å². The summed E-state index contributed by atoms with van der Waals surface area (Å²) in [5, 5.41) is 0. The van der Waals surface area contributed by atoms with Crippen molar-refractivity contribution in [2.45, 2.75) is 25.7 Å². The minimum atomic E-state index is 0.309. The lowest BCUT2D eigenvalue weighted by molar-refractivity contribution is -0.111. The van der Waals surface area contributed by atoms with Crippen molar-refractivity contribution in [2.24, 2.45) is 5.92 Å². The standard InChI is InChI=1S/C8H14O2/c9-7-8-3-1-5-10-6-2-4-8/h7-8H,1-6H2. The molecule has 0 N–H and O–H groups in total. The third-order valence-corrected chi connectivity index (χ3v) is 1.92. The first-order chi connectivity index (χ1) is 4.93. The lowest BCUT2D eigenvalue weighted by Gasteiger charge is -2.13. The van der Waals surface area contributed by atoms with Crippen LogP contribution in [0.2, 0.25) is 0 Å². The summed E-state index contributed by atoms with van der Waals surface area (Å²) in [5.41, 5.74) is 0. The average Bonchev–Trinajstić information content (AvgIpc) is 1.87. The van der Waals surface area contributed by atoms with Crippen LogP contribution in [0.3, 0.4) is 0 Å². The van der Waals surface area contributed by atoms with Crippen molar-refractivity contribution in [1.82, 2.24) is 0 Å². The van der Waals surface area contributed by atoms with E-state index in [1.165, 1.54) is 0 Å². The highest BCUT2D eigenvalue weighted by Gasteiger charge is 2.08. The van der Waals surface area contributed by atoms with E-state index in [2.05, 4.69) is 0 Å². The molecule has 0 bridgehead atoms. The van der Waals surface area contributed by atoms with E-state index in [0.717, 1.165) is 45.2 Å². The van der Waals surface area contributed by atoms with Crippen LogP contribution in [-0.4, -0.2) is 19.5 Å². The van der Waals surface area contributed by atoms with Gasteiger partial charge in [-0.15, -0.1) is 0 Å². The molecule has 0 radical (unpaired) electrons. The normalized spacial score (nSPS) is 23.2. The van der Waals surface area contributed by atoms with Crippen molar-refractivity contribution < 1.29 is 9.53 Å². The Morgan fingerprint density at radius 2 is 1.80 bits per heavy atom. The topological polar surface area (TPSA) is 26.3 Å². The number of hydrogen-bond acceptors (Lipinski definition) is 2. The zero-order valence-corrected chi connectivity index (χ0v) is 6.21. The number of carbonyl (C=O) groups excluding carboxylic acids is 1. The van der Waals surface area contributed by atoms with Gasteiger partial charge in [0.05, 0.1) is 0 Å². The summed E-state index contributed by atoms with van der Waals surface area (Å²) in [6, 6.07) is 0. The molecular weight excluding hydrogens is 128 g/mol. The van der Waals surface area contributed by atoms with Gasteiger partial charge in [0.25, 0.3) is 0 Å². The molecule has 0 aromatic carbocycles. The smallest absolute Gasteiger partial charge is 0.123 e. The fourth-order valence-electron chi connectivity index (χ4n) is 1.28. The van der Waals surface area contributed by atoms with Crippen LogP contribution in [0, 0.1) is 5.92 Å². The molecule has 1 aliphatic heterocycles. The fraction of sp³-hybridized carbons (Fsp3) is 0.875. The van der Waals surface area contributed by atoms with Gasteiger partial charge in [-0.2, -0.15) is 0 Å². The summed E-state index contributed by atoms with van der Waals surface area (Å²) in [6.07, 6.45) is 5.21. The lowest BCUT2D eigenvalue weighted by Crippen LogP contribution is -2.10. The van der Waals surface area contributed by atoms with Crippen LogP contribution >= 0.6 is 0 Å². The van der Waals surface area contributed by atoms with Gasteiger partial charge in [0.1, 0.15) is 6.29 Å². The summed E-state index contributed by atoms with van der Waals surface area (Å²) >= 11 is 0. The molecule has 58 valence electrons. The number of rotatable bonds is 1. The second kappa shape index (κ2) is 4.45. The Morgan fingerprint density at radius 3 is 2.30 bits per heavy atom. The van der Waals surface area contributed by atoms with Crippen molar-refractivity contribution in [3.63, 3.8) is 0 Å². The maximum absolute atomic E-state index is 10.4. The zero-order valence-electron chi connectivity index (χ0n) is 6.21. The minimum Gasteiger partial charge on any atom is -0.381 e. The molecule has 0 aliphatic carbocycles. The zero-order chi connectivity index (χ0) is 7.23. The van der Waals surface area contributed by atoms with E-state index >= 15 is 0 Å². The van der Waals surface area contributed by atoms with E-state index < -0.39 is 0 Å². The van der Waals surface area contributed by atoms with Gasteiger partial charge in [-0.1, -0.05) is 0 Å². The molecule has 2 heteroatoms. The van der Waals surface area contributed by atoms with E-state index in [4.69, 9.17) is 4.74 Å². The predicted octanol–water partition coefficient (Wildman–Crippen LogP) is 1.39. The monoisotopic (exact) mass is 142 g/mol. The first kappa shape index (κ1) is 7.73. The molecule has 0 amide bonds. The highest BCUT2D eigenvalue weighted by atomic mass is 16.5. The number of ether oxygens (including phenoxy) is 1. The van der Waals surface area contributed by atoms with Crippen molar-refractivity contribution in [3.05, 3.63) is 0 Å². The first-order valence-electron chi connectivity index (χ1n) is 3.96. The van der Waals surface area contributed by atoms with Crippen molar-refractivity contribution in [3.8, 4) is 0 Å². The van der Waals surface area contributed by atoms with E-state index in [-0.39, 0.29) is 0 Å². The van der Waals surface area contributed by atoms with Crippen LogP contribution in [0.15, 0.2) is 0 Å². The quantitative estimate of drug-likeness (QED) is 0.517. The van der Waals surface area contributed by atoms with E-state index in [1.54, 1.807) is 0 Å². The maximum Gasteiger partial charge on any atom is 0.123 e. The highest BCUT2D eigenvalue weighted by molar-refractivity contribution is 5.53. The Morgan fingerprint density at radius 1 is 1.20 bits per heavy atom. The van der Waals surface area contributed by atoms with Gasteiger partial charge in [-0.05, 0) is 25.7 Å². The Balaban J connectivity index is 2.22. The number of hydrogen-bond donors (Lipinski definition) is 0. The van der Waals surface area contributed by atoms with E-state index in [0.29, 0.717) is 5.92 Å². The second-order valence-corrected chi connectivity index (χ2v) is 2.79. The van der Waals surface area contributed by atoms with Crippen LogP contribution in [-0.2, 0) is 9.53 Å². The summed E-state index contributed by atoms with van der Waals surface area (Å²) in [6.45, 7) is 1.68. The molecule has 0 atom stereocenters. The Bertz CT molecular complexity index is 93.4. The van der Waals surface area contributed by atoms with E-state index in [9.17, 15) is 4.79 Å².